The van der Waals surface area contributed by atoms with Crippen molar-refractivity contribution < 1.29 is 9.53 Å². The number of benzene rings is 1. The minimum Gasteiger partial charge on any atom is -0.368 e. The van der Waals surface area contributed by atoms with Crippen LogP contribution in [0, 0.1) is 6.92 Å². The fourth-order valence-electron chi connectivity index (χ4n) is 4.36. The maximum Gasteiger partial charge on any atom is 0.273 e. The van der Waals surface area contributed by atoms with Crippen molar-refractivity contribution in [3.63, 3.8) is 0 Å². The molecule has 0 bridgehead atoms. The third-order valence-corrected chi connectivity index (χ3v) is 6.47. The lowest BCUT2D eigenvalue weighted by atomic mass is 9.83. The summed E-state index contributed by atoms with van der Waals surface area (Å²) in [4.78, 5) is 22.6. The Hall–Kier alpha value is -2.18. The van der Waals surface area contributed by atoms with Crippen LogP contribution in [0.2, 0.25) is 0 Å². The van der Waals surface area contributed by atoms with Gasteiger partial charge in [-0.15, -0.1) is 11.3 Å². The average molecular weight is 367 g/mol. The molecule has 1 spiro atoms. The Morgan fingerprint density at radius 3 is 2.88 bits per heavy atom. The summed E-state index contributed by atoms with van der Waals surface area (Å²) in [5, 5.41) is 4.09. The number of nitrogens with one attached hydrogen (secondary N) is 1. The molecule has 4 heterocycles. The van der Waals surface area contributed by atoms with Crippen LogP contribution in [0.4, 0.5) is 0 Å². The number of rotatable bonds is 1. The van der Waals surface area contributed by atoms with Gasteiger partial charge in [-0.25, -0.2) is 4.98 Å². The highest BCUT2D eigenvalue weighted by molar-refractivity contribution is 7.09. The van der Waals surface area contributed by atoms with E-state index in [2.05, 4.69) is 34.2 Å². The van der Waals surface area contributed by atoms with Gasteiger partial charge >= 0.3 is 0 Å². The Morgan fingerprint density at radius 2 is 2.12 bits per heavy atom. The topological polar surface area (TPSA) is 58.2 Å². The molecule has 26 heavy (non-hydrogen) atoms. The standard InChI is InChI=1S/C20H21N3O2S/c1-13-21-17(12-26-13)19(24)23-9-7-20(8-10-23)18-15(6-11-25-20)14-4-2-3-5-16(14)22-18/h2-5,12,22H,6-11H2,1H3. The maximum atomic E-state index is 12.7. The fourth-order valence-corrected chi connectivity index (χ4v) is 4.95. The normalized spacial score (nSPS) is 19.0. The number of para-hydroxylation sites is 1. The van der Waals surface area contributed by atoms with Gasteiger partial charge in [0, 0.05) is 29.4 Å². The summed E-state index contributed by atoms with van der Waals surface area (Å²) in [6.07, 6.45) is 2.59. The lowest BCUT2D eigenvalue weighted by molar-refractivity contribution is -0.0957. The second-order valence-corrected chi connectivity index (χ2v) is 8.22. The van der Waals surface area contributed by atoms with Crippen LogP contribution in [0.15, 0.2) is 29.6 Å². The third kappa shape index (κ3) is 2.40. The summed E-state index contributed by atoms with van der Waals surface area (Å²) in [6.45, 7) is 4.07. The second-order valence-electron chi connectivity index (χ2n) is 7.16. The number of piperidine rings is 1. The minimum atomic E-state index is -0.290. The van der Waals surface area contributed by atoms with Gasteiger partial charge < -0.3 is 14.6 Å². The van der Waals surface area contributed by atoms with Crippen LogP contribution in [0.3, 0.4) is 0 Å². The van der Waals surface area contributed by atoms with Crippen molar-refractivity contribution in [2.75, 3.05) is 19.7 Å². The summed E-state index contributed by atoms with van der Waals surface area (Å²) in [5.41, 5.74) is 4.07. The van der Waals surface area contributed by atoms with Gasteiger partial charge in [0.25, 0.3) is 5.91 Å². The molecule has 2 aliphatic heterocycles. The molecule has 1 fully saturated rings. The van der Waals surface area contributed by atoms with E-state index in [1.165, 1.54) is 33.5 Å². The molecule has 5 rings (SSSR count). The van der Waals surface area contributed by atoms with E-state index >= 15 is 0 Å². The second kappa shape index (κ2) is 5.93. The van der Waals surface area contributed by atoms with Crippen molar-refractivity contribution in [1.29, 1.82) is 0 Å². The molecule has 0 saturated carbocycles. The van der Waals surface area contributed by atoms with Crippen LogP contribution in [0.25, 0.3) is 10.9 Å². The molecule has 1 N–H and O–H groups in total. The van der Waals surface area contributed by atoms with E-state index in [4.69, 9.17) is 4.74 Å². The maximum absolute atomic E-state index is 12.7. The molecule has 0 atom stereocenters. The number of H-pyrrole nitrogens is 1. The highest BCUT2D eigenvalue weighted by Gasteiger charge is 2.43. The first-order valence-corrected chi connectivity index (χ1v) is 10.00. The minimum absolute atomic E-state index is 0.0388. The Morgan fingerprint density at radius 1 is 1.31 bits per heavy atom. The summed E-state index contributed by atoms with van der Waals surface area (Å²) in [7, 11) is 0. The van der Waals surface area contributed by atoms with Crippen molar-refractivity contribution >= 4 is 28.1 Å². The molecule has 0 radical (unpaired) electrons. The summed E-state index contributed by atoms with van der Waals surface area (Å²) in [6, 6.07) is 8.47. The molecule has 134 valence electrons. The van der Waals surface area contributed by atoms with Crippen LogP contribution in [-0.4, -0.2) is 40.5 Å². The van der Waals surface area contributed by atoms with Crippen molar-refractivity contribution in [2.24, 2.45) is 0 Å². The van der Waals surface area contributed by atoms with Gasteiger partial charge in [-0.2, -0.15) is 0 Å². The number of aromatic nitrogens is 2. The monoisotopic (exact) mass is 367 g/mol. The van der Waals surface area contributed by atoms with Gasteiger partial charge in [0.1, 0.15) is 11.3 Å². The molecule has 1 saturated heterocycles. The number of fused-ring (bicyclic) bond motifs is 4. The van der Waals surface area contributed by atoms with Crippen LogP contribution >= 0.6 is 11.3 Å². The van der Waals surface area contributed by atoms with Gasteiger partial charge in [-0.05, 0) is 37.8 Å². The smallest absolute Gasteiger partial charge is 0.273 e. The first kappa shape index (κ1) is 16.0. The number of hydrogen-bond donors (Lipinski definition) is 1. The van der Waals surface area contributed by atoms with E-state index in [0.29, 0.717) is 18.8 Å². The van der Waals surface area contributed by atoms with E-state index in [1.54, 1.807) is 0 Å². The Balaban J connectivity index is 1.42. The quantitative estimate of drug-likeness (QED) is 0.714. The summed E-state index contributed by atoms with van der Waals surface area (Å²) in [5.74, 6) is 0.0388. The van der Waals surface area contributed by atoms with Crippen LogP contribution in [0.5, 0.6) is 0 Å². The molecular formula is C20H21N3O2S. The molecule has 0 unspecified atom stereocenters. The first-order chi connectivity index (χ1) is 12.7. The molecular weight excluding hydrogens is 346 g/mol. The zero-order chi connectivity index (χ0) is 17.7. The predicted octanol–water partition coefficient (Wildman–Crippen LogP) is 3.64. The SMILES string of the molecule is Cc1nc(C(=O)N2CCC3(CC2)OCCc2c3[nH]c3ccccc23)cs1. The van der Waals surface area contributed by atoms with Gasteiger partial charge in [-0.3, -0.25) is 4.79 Å². The Labute approximate surface area is 156 Å². The first-order valence-electron chi connectivity index (χ1n) is 9.12. The number of amides is 1. The van der Waals surface area contributed by atoms with Crippen LogP contribution in [-0.2, 0) is 16.8 Å². The van der Waals surface area contributed by atoms with Gasteiger partial charge in [0.2, 0.25) is 0 Å². The number of aryl methyl sites for hydroxylation is 1. The zero-order valence-electron chi connectivity index (χ0n) is 14.7. The molecule has 6 heteroatoms. The number of hydrogen-bond acceptors (Lipinski definition) is 4. The van der Waals surface area contributed by atoms with Gasteiger partial charge in [-0.1, -0.05) is 18.2 Å². The van der Waals surface area contributed by atoms with E-state index < -0.39 is 0 Å². The van der Waals surface area contributed by atoms with Crippen LogP contribution < -0.4 is 0 Å². The lowest BCUT2D eigenvalue weighted by Crippen LogP contribution is -2.48. The molecule has 2 aromatic heterocycles. The number of nitrogens with zero attached hydrogens (tertiary/aromatic N) is 2. The van der Waals surface area contributed by atoms with Crippen molar-refractivity contribution in [2.45, 2.75) is 31.8 Å². The number of ether oxygens (including phenoxy) is 1. The zero-order valence-corrected chi connectivity index (χ0v) is 15.6. The molecule has 3 aromatic rings. The fraction of sp³-hybridized carbons (Fsp3) is 0.400. The van der Waals surface area contributed by atoms with Gasteiger partial charge in [0.15, 0.2) is 0 Å². The average Bonchev–Trinajstić information content (AvgIpc) is 3.27. The molecule has 1 aromatic carbocycles. The van der Waals surface area contributed by atoms with E-state index in [9.17, 15) is 4.79 Å². The molecule has 5 nitrogen and oxygen atoms in total. The highest BCUT2D eigenvalue weighted by atomic mass is 32.1. The lowest BCUT2D eigenvalue weighted by Gasteiger charge is -2.43. The number of carbonyl (C=O) groups is 1. The van der Waals surface area contributed by atoms with Crippen LogP contribution in [0.1, 0.15) is 39.6 Å². The van der Waals surface area contributed by atoms with Gasteiger partial charge in [0.05, 0.1) is 17.3 Å². The number of thiazole rings is 1. The Bertz CT molecular complexity index is 982. The number of aromatic amines is 1. The van der Waals surface area contributed by atoms with Crippen molar-refractivity contribution in [3.8, 4) is 0 Å². The highest BCUT2D eigenvalue weighted by Crippen LogP contribution is 2.43. The summed E-state index contributed by atoms with van der Waals surface area (Å²) >= 11 is 1.52. The largest absolute Gasteiger partial charge is 0.368 e. The number of carbonyl (C=O) groups excluding carboxylic acids is 1. The molecule has 0 aliphatic carbocycles. The van der Waals surface area contributed by atoms with E-state index in [-0.39, 0.29) is 11.5 Å². The molecule has 1 amide bonds. The number of likely N-dealkylation sites (tertiary alicyclic amines) is 1. The summed E-state index contributed by atoms with van der Waals surface area (Å²) < 4.78 is 6.32. The predicted molar refractivity (Wildman–Crippen MR) is 102 cm³/mol. The van der Waals surface area contributed by atoms with E-state index in [0.717, 1.165) is 30.9 Å². The van der Waals surface area contributed by atoms with Crippen molar-refractivity contribution in [3.05, 3.63) is 51.6 Å². The molecule has 2 aliphatic rings. The Kier molecular flexibility index (Phi) is 3.65. The van der Waals surface area contributed by atoms with Crippen molar-refractivity contribution in [1.82, 2.24) is 14.9 Å². The third-order valence-electron chi connectivity index (χ3n) is 5.70. The van der Waals surface area contributed by atoms with E-state index in [1.807, 2.05) is 17.2 Å².